The summed E-state index contributed by atoms with van der Waals surface area (Å²) in [6.45, 7) is 17.9. The van der Waals surface area contributed by atoms with Gasteiger partial charge in [-0.05, 0) is 0 Å². The van der Waals surface area contributed by atoms with Crippen molar-refractivity contribution < 1.29 is 46.0 Å². The summed E-state index contributed by atoms with van der Waals surface area (Å²) in [4.78, 5) is 0. The van der Waals surface area contributed by atoms with E-state index in [0.717, 1.165) is 25.7 Å². The SMILES string of the molecule is CC1=C(C)C[C-]=C1.CC1=C(C)C[C-]=C1.C[Si](C)=[Hf+2].C[Si](C)=[Hf+2].Cl.Cl.[C-]1=CC=CC1.[C-]1=CC=CC1. The van der Waals surface area contributed by atoms with Gasteiger partial charge in [0.2, 0.25) is 0 Å². The maximum absolute atomic E-state index is 3.12. The maximum atomic E-state index is 3.12. The molecule has 0 aliphatic heterocycles. The van der Waals surface area contributed by atoms with E-state index in [4.69, 9.17) is 0 Å². The molecular weight excluding hydrogens is 820 g/mol. The number of halogens is 2. The van der Waals surface area contributed by atoms with E-state index in [1.54, 1.807) is 0 Å². The largest absolute Gasteiger partial charge is 0.273 e. The zero-order chi connectivity index (χ0) is 24.8. The fraction of sp³-hybridized carbons (Fsp3) is 0.429. The van der Waals surface area contributed by atoms with E-state index in [1.807, 2.05) is 24.3 Å². The molecule has 0 saturated carbocycles. The Kier molecular flexibility index (Phi) is 36.8. The first kappa shape index (κ1) is 41.8. The van der Waals surface area contributed by atoms with E-state index in [-0.39, 0.29) is 35.8 Å². The van der Waals surface area contributed by atoms with Crippen LogP contribution in [0.15, 0.2) is 70.9 Å². The molecule has 0 aromatic carbocycles. The molecule has 4 aliphatic carbocycles. The molecule has 4 aliphatic rings. The van der Waals surface area contributed by atoms with E-state index >= 15 is 0 Å². The summed E-state index contributed by atoms with van der Waals surface area (Å²) >= 11 is 2.90. The second kappa shape index (κ2) is 29.9. The van der Waals surface area contributed by atoms with E-state index in [1.165, 1.54) is 68.3 Å². The standard InChI is InChI=1S/2C7H9.2C5H5.2C2H6Si.2ClH.2Hf/c2*1-6-4-3-5-7(6)2;2*1-2-4-5-3-1;2*1-3-2;;;;/h2*4H,5H2,1-2H3;2*1-3H,4H2;2*1-2H3;2*1H;;/q4*-1;;;;;2*+2. The monoisotopic (exact) mass is 864 g/mol. The molecule has 0 N–H and O–H groups in total. The first-order valence-corrected chi connectivity index (χ1v) is 26.8. The Morgan fingerprint density at radius 2 is 0.912 bits per heavy atom. The third-order valence-corrected chi connectivity index (χ3v) is 3.89. The van der Waals surface area contributed by atoms with Crippen LogP contribution in [-0.2, 0) is 46.0 Å². The average Bonchev–Trinajstić information content (AvgIpc) is 3.50. The van der Waals surface area contributed by atoms with Crippen molar-refractivity contribution in [3.8, 4) is 0 Å². The Balaban J connectivity index is -0.000000160. The minimum Gasteiger partial charge on any atom is -0.273 e. The van der Waals surface area contributed by atoms with Crippen LogP contribution in [0.25, 0.3) is 0 Å². The van der Waals surface area contributed by atoms with Crippen molar-refractivity contribution in [2.24, 2.45) is 0 Å². The van der Waals surface area contributed by atoms with Gasteiger partial charge < -0.3 is 0 Å². The summed E-state index contributed by atoms with van der Waals surface area (Å²) < 4.78 is 0. The summed E-state index contributed by atoms with van der Waals surface area (Å²) in [5, 5.41) is 0. The van der Waals surface area contributed by atoms with Crippen LogP contribution in [-0.4, -0.2) is 11.0 Å². The van der Waals surface area contributed by atoms with Crippen molar-refractivity contribution in [1.29, 1.82) is 0 Å². The second-order valence-corrected chi connectivity index (χ2v) is 33.5. The topological polar surface area (TPSA) is 0 Å². The van der Waals surface area contributed by atoms with Gasteiger partial charge in [-0.2, -0.15) is 23.3 Å². The molecule has 184 valence electrons. The molecule has 34 heavy (non-hydrogen) atoms. The van der Waals surface area contributed by atoms with Crippen molar-refractivity contribution in [2.75, 3.05) is 0 Å². The maximum Gasteiger partial charge on any atom is -0.109 e. The van der Waals surface area contributed by atoms with E-state index < -0.39 is 0 Å². The molecule has 4 rings (SSSR count). The summed E-state index contributed by atoms with van der Waals surface area (Å²) in [6.07, 6.45) is 32.4. The predicted molar refractivity (Wildman–Crippen MR) is 154 cm³/mol. The minimum atomic E-state index is 0. The van der Waals surface area contributed by atoms with Crippen LogP contribution in [0.5, 0.6) is 0 Å². The van der Waals surface area contributed by atoms with Gasteiger partial charge in [0.25, 0.3) is 0 Å². The van der Waals surface area contributed by atoms with Crippen LogP contribution >= 0.6 is 24.8 Å². The molecule has 0 bridgehead atoms. The molecule has 0 heterocycles. The van der Waals surface area contributed by atoms with E-state index in [2.05, 4.69) is 102 Å². The van der Waals surface area contributed by atoms with Crippen molar-refractivity contribution in [2.45, 2.75) is 79.6 Å². The van der Waals surface area contributed by atoms with Gasteiger partial charge in [-0.3, -0.25) is 24.3 Å². The smallest absolute Gasteiger partial charge is 0.109 e. The Morgan fingerprint density at radius 3 is 0.971 bits per heavy atom. The molecule has 6 heteroatoms. The number of hydrogen-bond acceptors (Lipinski definition) is 0. The van der Waals surface area contributed by atoms with E-state index in [0.29, 0.717) is 0 Å². The van der Waals surface area contributed by atoms with Gasteiger partial charge in [-0.15, -0.1) is 64.3 Å². The molecular formula is C28H42Cl2Hf2Si2. The first-order chi connectivity index (χ1) is 15.1. The van der Waals surface area contributed by atoms with Gasteiger partial charge in [-0.1, -0.05) is 13.8 Å². The molecule has 0 spiro atoms. The molecule has 0 amide bonds. The van der Waals surface area contributed by atoms with Crippen molar-refractivity contribution in [1.82, 2.24) is 0 Å². The summed E-state index contributed by atoms with van der Waals surface area (Å²) in [7, 11) is 0. The molecule has 0 aromatic heterocycles. The molecule has 0 unspecified atom stereocenters. The van der Waals surface area contributed by atoms with Gasteiger partial charge in [0.05, 0.1) is 0 Å². The van der Waals surface area contributed by atoms with E-state index in [9.17, 15) is 0 Å². The summed E-state index contributed by atoms with van der Waals surface area (Å²) in [6, 6.07) is 0. The Labute approximate surface area is 254 Å². The summed E-state index contributed by atoms with van der Waals surface area (Å²) in [5.41, 5.74) is 6.21. The number of rotatable bonds is 0. The van der Waals surface area contributed by atoms with Crippen LogP contribution in [0.4, 0.5) is 0 Å². The molecule has 0 nitrogen and oxygen atoms in total. The second-order valence-electron chi connectivity index (χ2n) is 7.98. The molecule has 0 atom stereocenters. The van der Waals surface area contributed by atoms with Crippen LogP contribution < -0.4 is 0 Å². The molecule has 0 aromatic rings. The van der Waals surface area contributed by atoms with Gasteiger partial charge in [0, 0.05) is 0 Å². The van der Waals surface area contributed by atoms with Crippen molar-refractivity contribution in [3.05, 3.63) is 95.2 Å². The van der Waals surface area contributed by atoms with Crippen LogP contribution in [0.1, 0.15) is 53.4 Å². The predicted octanol–water partition coefficient (Wildman–Crippen LogP) is 9.20. The van der Waals surface area contributed by atoms with Gasteiger partial charge in [0.1, 0.15) is 0 Å². The third kappa shape index (κ3) is 34.8. The minimum absolute atomic E-state index is 0. The zero-order valence-electron chi connectivity index (χ0n) is 22.3. The normalized spacial score (nSPS) is 14.7. The van der Waals surface area contributed by atoms with Crippen LogP contribution in [0.3, 0.4) is 0 Å². The molecule has 0 saturated heterocycles. The molecule has 0 radical (unpaired) electrons. The quantitative estimate of drug-likeness (QED) is 0.169. The fourth-order valence-electron chi connectivity index (χ4n) is 1.92. The van der Waals surface area contributed by atoms with Crippen LogP contribution in [0.2, 0.25) is 26.2 Å². The molecule has 0 fully saturated rings. The van der Waals surface area contributed by atoms with Gasteiger partial charge in [0.15, 0.2) is 0 Å². The average molecular weight is 863 g/mol. The van der Waals surface area contributed by atoms with Gasteiger partial charge >= 0.3 is 83.2 Å². The van der Waals surface area contributed by atoms with Gasteiger partial charge in [-0.25, -0.2) is 47.6 Å². The summed E-state index contributed by atoms with van der Waals surface area (Å²) in [5.74, 6) is 0. The zero-order valence-corrected chi connectivity index (χ0v) is 33.1. The Bertz CT molecular complexity index is 716. The number of allylic oxidation sites excluding steroid dienone is 16. The third-order valence-electron chi connectivity index (χ3n) is 3.89. The first-order valence-electron chi connectivity index (χ1n) is 11.0. The van der Waals surface area contributed by atoms with Crippen molar-refractivity contribution in [3.63, 3.8) is 0 Å². The number of hydrogen-bond donors (Lipinski definition) is 0. The van der Waals surface area contributed by atoms with Crippen molar-refractivity contribution >= 4 is 35.8 Å². The fourth-order valence-corrected chi connectivity index (χ4v) is 1.92. The van der Waals surface area contributed by atoms with Crippen LogP contribution in [0, 0.1) is 24.3 Å². The Morgan fingerprint density at radius 1 is 0.618 bits per heavy atom. The Hall–Kier alpha value is 0.674.